The van der Waals surface area contributed by atoms with Gasteiger partial charge >= 0.3 is 5.97 Å². The van der Waals surface area contributed by atoms with Crippen molar-refractivity contribution in [1.82, 2.24) is 15.5 Å². The van der Waals surface area contributed by atoms with E-state index >= 15 is 0 Å². The van der Waals surface area contributed by atoms with Crippen molar-refractivity contribution in [3.63, 3.8) is 0 Å². The van der Waals surface area contributed by atoms with Gasteiger partial charge in [0, 0.05) is 39.1 Å². The maximum absolute atomic E-state index is 12.0. The Labute approximate surface area is 235 Å². The van der Waals surface area contributed by atoms with E-state index in [1.807, 2.05) is 14.0 Å². The molecule has 0 saturated heterocycles. The van der Waals surface area contributed by atoms with Crippen molar-refractivity contribution in [2.45, 2.75) is 137 Å². The van der Waals surface area contributed by atoms with Gasteiger partial charge in [0.15, 0.2) is 0 Å². The van der Waals surface area contributed by atoms with Gasteiger partial charge in [-0.3, -0.25) is 9.59 Å². The fourth-order valence-corrected chi connectivity index (χ4v) is 3.45. The molecule has 0 spiro atoms. The van der Waals surface area contributed by atoms with E-state index in [0.29, 0.717) is 19.4 Å². The Morgan fingerprint density at radius 2 is 1.13 bits per heavy atom. The molecule has 0 aliphatic rings. The molecule has 0 aromatic rings. The number of carboxylic acid groups (broad SMARTS) is 1. The molecule has 7 heteroatoms. The van der Waals surface area contributed by atoms with Gasteiger partial charge in [-0.2, -0.15) is 0 Å². The molecule has 0 aliphatic heterocycles. The zero-order valence-electron chi connectivity index (χ0n) is 25.8. The number of hydrogen-bond acceptors (Lipinski definition) is 4. The summed E-state index contributed by atoms with van der Waals surface area (Å²) >= 11 is 0. The molecule has 226 valence electrons. The number of carboxylic acids is 1. The highest BCUT2D eigenvalue weighted by molar-refractivity contribution is 5.83. The summed E-state index contributed by atoms with van der Waals surface area (Å²) in [5.41, 5.74) is 0. The van der Waals surface area contributed by atoms with Crippen LogP contribution in [0.4, 0.5) is 0 Å². The predicted molar refractivity (Wildman–Crippen MR) is 163 cm³/mol. The fraction of sp³-hybridized carbons (Fsp3) is 0.839. The van der Waals surface area contributed by atoms with E-state index < -0.39 is 5.97 Å². The molecule has 0 heterocycles. The minimum Gasteiger partial charge on any atom is -0.478 e. The third-order valence-corrected chi connectivity index (χ3v) is 6.00. The van der Waals surface area contributed by atoms with Crippen LogP contribution in [0, 0.1) is 0 Å². The quantitative estimate of drug-likeness (QED) is 0.0946. The normalized spacial score (nSPS) is 9.92. The molecule has 0 saturated carbocycles. The van der Waals surface area contributed by atoms with Gasteiger partial charge in [-0.15, -0.1) is 0 Å². The van der Waals surface area contributed by atoms with Crippen LogP contribution < -0.4 is 10.6 Å². The summed E-state index contributed by atoms with van der Waals surface area (Å²) < 4.78 is 0. The first kappa shape index (κ1) is 40.6. The maximum Gasteiger partial charge on any atom is 0.327 e. The molecular weight excluding hydrogens is 478 g/mol. The Morgan fingerprint density at radius 1 is 0.684 bits per heavy atom. The topological polar surface area (TPSA) is 98.7 Å². The molecule has 0 unspecified atom stereocenters. The van der Waals surface area contributed by atoms with Gasteiger partial charge in [0.2, 0.25) is 11.8 Å². The van der Waals surface area contributed by atoms with E-state index in [0.717, 1.165) is 25.5 Å². The van der Waals surface area contributed by atoms with Crippen LogP contribution in [0.1, 0.15) is 137 Å². The van der Waals surface area contributed by atoms with Crippen LogP contribution >= 0.6 is 0 Å². The number of hydrogen-bond donors (Lipinski definition) is 3. The van der Waals surface area contributed by atoms with E-state index in [1.54, 1.807) is 4.90 Å². The highest BCUT2D eigenvalue weighted by Crippen LogP contribution is 2.11. The van der Waals surface area contributed by atoms with Crippen molar-refractivity contribution in [1.29, 1.82) is 0 Å². The number of carbonyl (C=O) groups is 3. The fourth-order valence-electron chi connectivity index (χ4n) is 3.45. The number of carbonyl (C=O) groups excluding carboxylic acids is 2. The molecule has 0 rings (SSSR count). The van der Waals surface area contributed by atoms with Crippen LogP contribution in [0.25, 0.3) is 0 Å². The second kappa shape index (κ2) is 35.1. The highest BCUT2D eigenvalue weighted by Gasteiger charge is 2.10. The minimum atomic E-state index is -0.981. The SMILES string of the molecule is C=CC(=O)O.CCCCCCCCCCCCN(C)C(=O)CCC(=O)NCCC.CCCCNCCCC. The number of unbranched alkanes of at least 4 members (excludes halogenated alkanes) is 11. The monoisotopic (exact) mass is 541 g/mol. The Hall–Kier alpha value is -1.89. The molecule has 0 aromatic carbocycles. The molecule has 2 amide bonds. The van der Waals surface area contributed by atoms with Gasteiger partial charge in [0.1, 0.15) is 0 Å². The summed E-state index contributed by atoms with van der Waals surface area (Å²) in [5, 5.41) is 13.8. The number of rotatable bonds is 23. The molecule has 0 fully saturated rings. The molecule has 0 aliphatic carbocycles. The Bertz CT molecular complexity index is 535. The zero-order valence-corrected chi connectivity index (χ0v) is 25.8. The van der Waals surface area contributed by atoms with Gasteiger partial charge in [-0.05, 0) is 38.8 Å². The first-order valence-corrected chi connectivity index (χ1v) is 15.4. The standard InChI is InChI=1S/C20H40N2O2.C8H19N.C3H4O2/c1-4-6-7-8-9-10-11-12-13-14-18-22(3)20(24)16-15-19(23)21-17-5-2;1-3-5-7-9-8-6-4-2;1-2-3(4)5/h4-18H2,1-3H3,(H,21,23);9H,3-8H2,1-2H3;2H,1H2,(H,4,5). The predicted octanol–water partition coefficient (Wildman–Crippen LogP) is 7.11. The average Bonchev–Trinajstić information content (AvgIpc) is 2.92. The van der Waals surface area contributed by atoms with Gasteiger partial charge in [-0.25, -0.2) is 4.79 Å². The van der Waals surface area contributed by atoms with Crippen LogP contribution in [-0.4, -0.2) is 61.0 Å². The van der Waals surface area contributed by atoms with Crippen LogP contribution in [0.3, 0.4) is 0 Å². The number of aliphatic carboxylic acids is 1. The average molecular weight is 542 g/mol. The summed E-state index contributed by atoms with van der Waals surface area (Å²) in [6.45, 7) is 15.6. The molecule has 0 bridgehead atoms. The van der Waals surface area contributed by atoms with E-state index in [9.17, 15) is 14.4 Å². The summed E-state index contributed by atoms with van der Waals surface area (Å²) in [6.07, 6.45) is 20.7. The summed E-state index contributed by atoms with van der Waals surface area (Å²) in [5.74, 6) is -0.917. The van der Waals surface area contributed by atoms with E-state index in [1.165, 1.54) is 96.6 Å². The van der Waals surface area contributed by atoms with E-state index in [-0.39, 0.29) is 11.8 Å². The second-order valence-corrected chi connectivity index (χ2v) is 9.85. The minimum absolute atomic E-state index is 0.0162. The van der Waals surface area contributed by atoms with Gasteiger partial charge in [0.05, 0.1) is 0 Å². The lowest BCUT2D eigenvalue weighted by Gasteiger charge is -2.17. The molecule has 0 radical (unpaired) electrons. The smallest absolute Gasteiger partial charge is 0.327 e. The van der Waals surface area contributed by atoms with Crippen molar-refractivity contribution < 1.29 is 19.5 Å². The first-order valence-electron chi connectivity index (χ1n) is 15.4. The van der Waals surface area contributed by atoms with Crippen molar-refractivity contribution in [3.05, 3.63) is 12.7 Å². The summed E-state index contributed by atoms with van der Waals surface area (Å²) in [7, 11) is 1.85. The van der Waals surface area contributed by atoms with E-state index in [4.69, 9.17) is 5.11 Å². The molecule has 3 N–H and O–H groups in total. The lowest BCUT2D eigenvalue weighted by molar-refractivity contribution is -0.132. The summed E-state index contributed by atoms with van der Waals surface area (Å²) in [6, 6.07) is 0. The van der Waals surface area contributed by atoms with Gasteiger partial charge in [0.25, 0.3) is 0 Å². The van der Waals surface area contributed by atoms with Crippen LogP contribution in [0.5, 0.6) is 0 Å². The Kier molecular flexibility index (Phi) is 37.5. The van der Waals surface area contributed by atoms with Crippen molar-refractivity contribution in [2.75, 3.05) is 33.2 Å². The van der Waals surface area contributed by atoms with Gasteiger partial charge < -0.3 is 20.6 Å². The third kappa shape index (κ3) is 38.6. The number of nitrogens with zero attached hydrogens (tertiary/aromatic N) is 1. The lowest BCUT2D eigenvalue weighted by atomic mass is 10.1. The van der Waals surface area contributed by atoms with Crippen LogP contribution in [0.15, 0.2) is 12.7 Å². The molecule has 38 heavy (non-hydrogen) atoms. The third-order valence-electron chi connectivity index (χ3n) is 6.00. The Morgan fingerprint density at radius 3 is 1.55 bits per heavy atom. The second-order valence-electron chi connectivity index (χ2n) is 9.85. The molecule has 0 aromatic heterocycles. The largest absolute Gasteiger partial charge is 0.478 e. The number of nitrogens with one attached hydrogen (secondary N) is 2. The van der Waals surface area contributed by atoms with Crippen molar-refractivity contribution in [2.24, 2.45) is 0 Å². The highest BCUT2D eigenvalue weighted by atomic mass is 16.4. The molecule has 0 atom stereocenters. The van der Waals surface area contributed by atoms with Crippen LogP contribution in [0.2, 0.25) is 0 Å². The Balaban J connectivity index is -0.000000714. The lowest BCUT2D eigenvalue weighted by Crippen LogP contribution is -2.30. The van der Waals surface area contributed by atoms with Crippen molar-refractivity contribution >= 4 is 17.8 Å². The number of amides is 2. The first-order chi connectivity index (χ1) is 18.3. The zero-order chi connectivity index (χ0) is 29.3. The maximum atomic E-state index is 12.0. The van der Waals surface area contributed by atoms with E-state index in [2.05, 4.69) is 38.0 Å². The van der Waals surface area contributed by atoms with Crippen LogP contribution in [-0.2, 0) is 14.4 Å². The molecule has 7 nitrogen and oxygen atoms in total. The summed E-state index contributed by atoms with van der Waals surface area (Å²) in [4.78, 5) is 34.5. The molecular formula is C31H63N3O4. The van der Waals surface area contributed by atoms with Gasteiger partial charge in [-0.1, -0.05) is 105 Å². The van der Waals surface area contributed by atoms with Crippen molar-refractivity contribution in [3.8, 4) is 0 Å².